The van der Waals surface area contributed by atoms with Gasteiger partial charge in [0.05, 0.1) is 10.5 Å². The van der Waals surface area contributed by atoms with Crippen LogP contribution in [0.15, 0.2) is 41.4 Å². The molecule has 0 aromatic heterocycles. The van der Waals surface area contributed by atoms with Crippen molar-refractivity contribution in [2.45, 2.75) is 23.9 Å². The first-order valence-corrected chi connectivity index (χ1v) is 7.11. The van der Waals surface area contributed by atoms with E-state index in [9.17, 15) is 21.6 Å². The molecule has 0 N–H and O–H groups in total. The van der Waals surface area contributed by atoms with E-state index in [-0.39, 0.29) is 4.90 Å². The Kier molecular flexibility index (Phi) is 3.58. The molecule has 0 fully saturated rings. The van der Waals surface area contributed by atoms with Crippen LogP contribution in [0.3, 0.4) is 0 Å². The monoisotopic (exact) mass is 291 g/mol. The summed E-state index contributed by atoms with van der Waals surface area (Å²) in [5.41, 5.74) is -0.861. The Bertz CT molecular complexity index is 576. The minimum Gasteiger partial charge on any atom is -0.274 e. The smallest absolute Gasteiger partial charge is 0.274 e. The quantitative estimate of drug-likeness (QED) is 0.840. The topological polar surface area (TPSA) is 37.4 Å². The van der Waals surface area contributed by atoms with Gasteiger partial charge in [-0.2, -0.15) is 13.2 Å². The lowest BCUT2D eigenvalue weighted by Gasteiger charge is -2.23. The van der Waals surface area contributed by atoms with Crippen LogP contribution in [0.2, 0.25) is 0 Å². The molecule has 7 heteroatoms. The number of hydrogen-bond donors (Lipinski definition) is 0. The van der Waals surface area contributed by atoms with Crippen LogP contribution in [-0.4, -0.2) is 19.3 Å². The Labute approximate surface area is 109 Å². The maximum Gasteiger partial charge on any atom is 0.416 e. The van der Waals surface area contributed by atoms with Gasteiger partial charge >= 0.3 is 6.18 Å². The molecule has 0 bridgehead atoms. The van der Waals surface area contributed by atoms with Gasteiger partial charge in [0.1, 0.15) is 0 Å². The summed E-state index contributed by atoms with van der Waals surface area (Å²) in [6.45, 7) is 0.347. The molecule has 0 amide bonds. The summed E-state index contributed by atoms with van der Waals surface area (Å²) in [5, 5.41) is 0. The van der Waals surface area contributed by atoms with Crippen LogP contribution < -0.4 is 0 Å². The van der Waals surface area contributed by atoms with Gasteiger partial charge in [-0.1, -0.05) is 6.08 Å². The van der Waals surface area contributed by atoms with Crippen LogP contribution >= 0.6 is 0 Å². The van der Waals surface area contributed by atoms with Crippen LogP contribution in [0.5, 0.6) is 0 Å². The van der Waals surface area contributed by atoms with Crippen molar-refractivity contribution >= 4 is 10.0 Å². The molecule has 0 saturated heterocycles. The minimum atomic E-state index is -4.46. The predicted octanol–water partition coefficient (Wildman–Crippen LogP) is 3.00. The molecule has 104 valence electrons. The number of nitrogens with zero attached hydrogens (tertiary/aromatic N) is 1. The van der Waals surface area contributed by atoms with Crippen LogP contribution in [-0.2, 0) is 16.2 Å². The summed E-state index contributed by atoms with van der Waals surface area (Å²) in [5.74, 6) is 0. The normalized spacial score (nSPS) is 16.7. The largest absolute Gasteiger partial charge is 0.416 e. The fourth-order valence-electron chi connectivity index (χ4n) is 1.78. The average molecular weight is 291 g/mol. The summed E-state index contributed by atoms with van der Waals surface area (Å²) in [7, 11) is -3.75. The van der Waals surface area contributed by atoms with Gasteiger partial charge in [0.2, 0.25) is 0 Å². The number of alkyl halides is 3. The Balaban J connectivity index is 2.31. The molecule has 1 aliphatic rings. The van der Waals surface area contributed by atoms with Crippen molar-refractivity contribution in [3.63, 3.8) is 0 Å². The van der Waals surface area contributed by atoms with Gasteiger partial charge in [-0.3, -0.25) is 4.31 Å². The third-order valence-corrected chi connectivity index (χ3v) is 4.60. The average Bonchev–Trinajstić information content (AvgIpc) is 2.39. The summed E-state index contributed by atoms with van der Waals surface area (Å²) in [6, 6.07) is 3.53. The molecule has 0 spiro atoms. The minimum absolute atomic E-state index is 0.132. The molecule has 0 unspecified atom stereocenters. The second-order valence-electron chi connectivity index (χ2n) is 4.16. The summed E-state index contributed by atoms with van der Waals surface area (Å²) < 4.78 is 62.6. The third-order valence-electron chi connectivity index (χ3n) is 2.81. The van der Waals surface area contributed by atoms with E-state index in [0.29, 0.717) is 13.0 Å². The molecule has 1 heterocycles. The van der Waals surface area contributed by atoms with Gasteiger partial charge in [-0.15, -0.1) is 0 Å². The van der Waals surface area contributed by atoms with Crippen molar-refractivity contribution in [3.8, 4) is 0 Å². The number of rotatable bonds is 2. The first-order valence-electron chi connectivity index (χ1n) is 5.67. The Morgan fingerprint density at radius 2 is 1.74 bits per heavy atom. The highest BCUT2D eigenvalue weighted by atomic mass is 32.2. The number of halogens is 3. The van der Waals surface area contributed by atoms with Crippen LogP contribution in [0.25, 0.3) is 0 Å². The molecule has 0 atom stereocenters. The van der Waals surface area contributed by atoms with Gasteiger partial charge in [0.15, 0.2) is 0 Å². The van der Waals surface area contributed by atoms with E-state index < -0.39 is 21.8 Å². The fourth-order valence-corrected chi connectivity index (χ4v) is 3.15. The summed E-state index contributed by atoms with van der Waals surface area (Å²) >= 11 is 0. The highest BCUT2D eigenvalue weighted by Gasteiger charge is 2.31. The van der Waals surface area contributed by atoms with Gasteiger partial charge in [0, 0.05) is 12.7 Å². The molecule has 0 radical (unpaired) electrons. The molecule has 2 rings (SSSR count). The van der Waals surface area contributed by atoms with Crippen LogP contribution in [0, 0.1) is 0 Å². The Morgan fingerprint density at radius 1 is 1.11 bits per heavy atom. The van der Waals surface area contributed by atoms with Crippen molar-refractivity contribution in [2.75, 3.05) is 6.54 Å². The molecular formula is C12H12F3NO2S. The van der Waals surface area contributed by atoms with Gasteiger partial charge in [-0.25, -0.2) is 8.42 Å². The molecule has 1 aromatic rings. The maximum atomic E-state index is 12.4. The van der Waals surface area contributed by atoms with Crippen molar-refractivity contribution in [3.05, 3.63) is 42.1 Å². The van der Waals surface area contributed by atoms with E-state index >= 15 is 0 Å². The zero-order valence-corrected chi connectivity index (χ0v) is 10.7. The van der Waals surface area contributed by atoms with E-state index in [1.165, 1.54) is 6.20 Å². The highest BCUT2D eigenvalue weighted by Crippen LogP contribution is 2.30. The zero-order valence-electron chi connectivity index (χ0n) is 9.89. The lowest BCUT2D eigenvalue weighted by molar-refractivity contribution is -0.137. The van der Waals surface area contributed by atoms with Gasteiger partial charge in [-0.05, 0) is 37.1 Å². The number of benzene rings is 1. The SMILES string of the molecule is O=S(=O)(c1ccc(C(F)(F)F)cc1)N1C=CCCC1. The fraction of sp³-hybridized carbons (Fsp3) is 0.333. The van der Waals surface area contributed by atoms with E-state index in [4.69, 9.17) is 0 Å². The predicted molar refractivity (Wildman–Crippen MR) is 63.7 cm³/mol. The second kappa shape index (κ2) is 4.88. The molecular weight excluding hydrogens is 279 g/mol. The standard InChI is InChI=1S/C12H12F3NO2S/c13-12(14,15)10-4-6-11(7-5-10)19(17,18)16-8-2-1-3-9-16/h2,4-8H,1,3,9H2. The van der Waals surface area contributed by atoms with Crippen LogP contribution in [0.4, 0.5) is 13.2 Å². The van der Waals surface area contributed by atoms with Crippen LogP contribution in [0.1, 0.15) is 18.4 Å². The van der Waals surface area contributed by atoms with E-state index in [1.54, 1.807) is 6.08 Å². The van der Waals surface area contributed by atoms with E-state index in [0.717, 1.165) is 35.0 Å². The van der Waals surface area contributed by atoms with Crippen molar-refractivity contribution in [2.24, 2.45) is 0 Å². The highest BCUT2D eigenvalue weighted by molar-refractivity contribution is 7.89. The molecule has 3 nitrogen and oxygen atoms in total. The summed E-state index contributed by atoms with van der Waals surface area (Å²) in [4.78, 5) is -0.132. The Morgan fingerprint density at radius 3 is 2.21 bits per heavy atom. The maximum absolute atomic E-state index is 12.4. The van der Waals surface area contributed by atoms with Gasteiger partial charge < -0.3 is 0 Å². The Hall–Kier alpha value is -1.50. The van der Waals surface area contributed by atoms with Gasteiger partial charge in [0.25, 0.3) is 10.0 Å². The van der Waals surface area contributed by atoms with E-state index in [2.05, 4.69) is 0 Å². The lowest BCUT2D eigenvalue weighted by atomic mass is 10.2. The second-order valence-corrected chi connectivity index (χ2v) is 6.06. The van der Waals surface area contributed by atoms with Crippen molar-refractivity contribution in [1.82, 2.24) is 4.31 Å². The molecule has 1 aliphatic heterocycles. The number of allylic oxidation sites excluding steroid dienone is 1. The number of sulfonamides is 1. The number of hydrogen-bond acceptors (Lipinski definition) is 2. The first-order chi connectivity index (χ1) is 8.82. The summed E-state index contributed by atoms with van der Waals surface area (Å²) in [6.07, 6.45) is 0.227. The molecule has 19 heavy (non-hydrogen) atoms. The molecule has 1 aromatic carbocycles. The lowest BCUT2D eigenvalue weighted by Crippen LogP contribution is -2.28. The zero-order chi connectivity index (χ0) is 14.1. The first kappa shape index (κ1) is 13.9. The third kappa shape index (κ3) is 2.91. The van der Waals surface area contributed by atoms with E-state index in [1.807, 2.05) is 0 Å². The van der Waals surface area contributed by atoms with Crippen molar-refractivity contribution in [1.29, 1.82) is 0 Å². The van der Waals surface area contributed by atoms with Crippen molar-refractivity contribution < 1.29 is 21.6 Å². The molecule has 0 aliphatic carbocycles. The molecule has 0 saturated carbocycles.